The number of nitrogens with one attached hydrogen (secondary N) is 2. The van der Waals surface area contributed by atoms with E-state index in [1.807, 2.05) is 29.9 Å². The van der Waals surface area contributed by atoms with E-state index in [1.165, 1.54) is 25.6 Å². The van der Waals surface area contributed by atoms with Crippen LogP contribution >= 0.6 is 11.6 Å². The van der Waals surface area contributed by atoms with Gasteiger partial charge in [-0.15, -0.1) is 5.10 Å². The van der Waals surface area contributed by atoms with Gasteiger partial charge in [-0.2, -0.15) is 0 Å². The molecule has 5 rings (SSSR count). The van der Waals surface area contributed by atoms with Gasteiger partial charge < -0.3 is 35.7 Å². The number of anilines is 2. The van der Waals surface area contributed by atoms with E-state index in [1.54, 1.807) is 18.5 Å². The van der Waals surface area contributed by atoms with Crippen LogP contribution in [-0.2, 0) is 4.74 Å². The second-order valence-electron chi connectivity index (χ2n) is 11.1. The fourth-order valence-corrected chi connectivity index (χ4v) is 5.29. The SMILES string of the molecule is CC1CNCC(C)O1.C[C@@H](CN=CN)Oc1cc(-c2cnc(Nc3cn(C4CCCCC4)nc3OCCO)nc2)ccc1Cl. The second-order valence-corrected chi connectivity index (χ2v) is 11.5. The Balaban J connectivity index is 0.000000479. The van der Waals surface area contributed by atoms with Gasteiger partial charge in [-0.3, -0.25) is 9.67 Å². The number of ether oxygens (including phenoxy) is 3. The van der Waals surface area contributed by atoms with E-state index in [4.69, 9.17) is 31.5 Å². The average molecular weight is 629 g/mol. The summed E-state index contributed by atoms with van der Waals surface area (Å²) in [4.78, 5) is 13.0. The lowest BCUT2D eigenvalue weighted by molar-refractivity contribution is -0.0166. The van der Waals surface area contributed by atoms with Crippen molar-refractivity contribution in [1.82, 2.24) is 25.1 Å². The van der Waals surface area contributed by atoms with Crippen LogP contribution in [0.2, 0.25) is 5.02 Å². The van der Waals surface area contributed by atoms with Crippen molar-refractivity contribution in [1.29, 1.82) is 0 Å². The molecule has 13 heteroatoms. The molecule has 1 aliphatic carbocycles. The highest BCUT2D eigenvalue weighted by Gasteiger charge is 2.20. The molecule has 1 aromatic carbocycles. The molecule has 2 aliphatic rings. The van der Waals surface area contributed by atoms with Crippen LogP contribution in [0.4, 0.5) is 11.6 Å². The number of hydrogen-bond acceptors (Lipinski definition) is 10. The molecule has 44 heavy (non-hydrogen) atoms. The zero-order chi connectivity index (χ0) is 31.3. The van der Waals surface area contributed by atoms with Crippen molar-refractivity contribution in [3.63, 3.8) is 0 Å². The van der Waals surface area contributed by atoms with E-state index < -0.39 is 0 Å². The third kappa shape index (κ3) is 10.0. The maximum Gasteiger partial charge on any atom is 0.257 e. The Morgan fingerprint density at radius 1 is 1.18 bits per heavy atom. The number of hydrogen-bond donors (Lipinski definition) is 4. The molecule has 3 aromatic rings. The van der Waals surface area contributed by atoms with Crippen molar-refractivity contribution in [2.45, 2.75) is 77.2 Å². The van der Waals surface area contributed by atoms with Gasteiger partial charge in [0.2, 0.25) is 5.95 Å². The summed E-state index contributed by atoms with van der Waals surface area (Å²) in [6, 6.07) is 5.87. The number of halogens is 1. The van der Waals surface area contributed by atoms with Crippen LogP contribution in [0.25, 0.3) is 11.1 Å². The number of aliphatic hydroxyl groups is 1. The first-order valence-electron chi connectivity index (χ1n) is 15.3. The topological polar surface area (TPSA) is 154 Å². The number of aliphatic imine (C=N–C) groups is 1. The molecule has 5 N–H and O–H groups in total. The predicted molar refractivity (Wildman–Crippen MR) is 173 cm³/mol. The minimum Gasteiger partial charge on any atom is -0.487 e. The summed E-state index contributed by atoms with van der Waals surface area (Å²) in [5.41, 5.74) is 7.65. The van der Waals surface area contributed by atoms with Crippen molar-refractivity contribution < 1.29 is 19.3 Å². The van der Waals surface area contributed by atoms with Gasteiger partial charge in [0.25, 0.3) is 5.88 Å². The second kappa shape index (κ2) is 17.1. The Morgan fingerprint density at radius 3 is 2.55 bits per heavy atom. The van der Waals surface area contributed by atoms with E-state index in [0.29, 0.717) is 53.1 Å². The van der Waals surface area contributed by atoms with E-state index in [-0.39, 0.29) is 19.3 Å². The van der Waals surface area contributed by atoms with Gasteiger partial charge >= 0.3 is 0 Å². The van der Waals surface area contributed by atoms with Crippen molar-refractivity contribution in [2.75, 3.05) is 38.2 Å². The lowest BCUT2D eigenvalue weighted by Crippen LogP contribution is -2.41. The van der Waals surface area contributed by atoms with Crippen molar-refractivity contribution in [3.8, 4) is 22.8 Å². The molecule has 2 aromatic heterocycles. The van der Waals surface area contributed by atoms with Crippen LogP contribution in [0.5, 0.6) is 11.6 Å². The van der Waals surface area contributed by atoms with Crippen molar-refractivity contribution >= 4 is 29.6 Å². The molecule has 1 saturated heterocycles. The molecule has 3 atom stereocenters. The summed E-state index contributed by atoms with van der Waals surface area (Å²) in [5, 5.41) is 20.8. The summed E-state index contributed by atoms with van der Waals surface area (Å²) in [6.07, 6.45) is 13.1. The molecule has 240 valence electrons. The van der Waals surface area contributed by atoms with E-state index in [0.717, 1.165) is 37.1 Å². The standard InChI is InChI=1S/C25H32ClN7O3.C6H13NO/c1-17(12-28-16-27)36-23-11-18(7-8-21(23)26)19-13-29-25(30-14-19)31-22-15-33(20-5-3-2-4-6-20)32-24(22)35-10-9-34;1-5-3-7-4-6(2)8-5/h7-8,11,13-17,20,34H,2-6,9-10,12H2,1H3,(H2,27,28)(H,29,30,31);5-7H,3-4H2,1-2H3/t17-;/m0./s1. The molecule has 0 bridgehead atoms. The number of nitrogens with zero attached hydrogens (tertiary/aromatic N) is 5. The number of aliphatic hydroxyl groups excluding tert-OH is 1. The monoisotopic (exact) mass is 628 g/mol. The molecule has 3 heterocycles. The van der Waals surface area contributed by atoms with E-state index in [9.17, 15) is 5.11 Å². The maximum atomic E-state index is 9.19. The van der Waals surface area contributed by atoms with Gasteiger partial charge in [0.05, 0.1) is 49.0 Å². The minimum atomic E-state index is -0.183. The number of morpholine rings is 1. The third-order valence-electron chi connectivity index (χ3n) is 7.26. The average Bonchev–Trinajstić information content (AvgIpc) is 3.43. The molecule has 1 saturated carbocycles. The third-order valence-corrected chi connectivity index (χ3v) is 7.58. The Labute approximate surface area is 264 Å². The first-order valence-corrected chi connectivity index (χ1v) is 15.7. The Kier molecular flexibility index (Phi) is 13.0. The highest BCUT2D eigenvalue weighted by Crippen LogP contribution is 2.34. The summed E-state index contributed by atoms with van der Waals surface area (Å²) in [6.45, 7) is 8.58. The Morgan fingerprint density at radius 2 is 1.91 bits per heavy atom. The molecule has 0 radical (unpaired) electrons. The lowest BCUT2D eigenvalue weighted by Gasteiger charge is -2.25. The van der Waals surface area contributed by atoms with Gasteiger partial charge in [-0.25, -0.2) is 9.97 Å². The van der Waals surface area contributed by atoms with Crippen LogP contribution in [0.1, 0.15) is 58.9 Å². The van der Waals surface area contributed by atoms with Gasteiger partial charge in [-0.1, -0.05) is 36.9 Å². The molecule has 12 nitrogen and oxygen atoms in total. The van der Waals surface area contributed by atoms with Gasteiger partial charge in [0.15, 0.2) is 0 Å². The zero-order valence-corrected chi connectivity index (χ0v) is 26.5. The van der Waals surface area contributed by atoms with E-state index >= 15 is 0 Å². The molecule has 2 unspecified atom stereocenters. The minimum absolute atomic E-state index is 0.0905. The zero-order valence-electron chi connectivity index (χ0n) is 25.8. The number of aromatic nitrogens is 4. The summed E-state index contributed by atoms with van der Waals surface area (Å²) in [5.74, 6) is 1.39. The summed E-state index contributed by atoms with van der Waals surface area (Å²) >= 11 is 6.32. The smallest absolute Gasteiger partial charge is 0.257 e. The lowest BCUT2D eigenvalue weighted by atomic mass is 9.96. The quantitative estimate of drug-likeness (QED) is 0.173. The van der Waals surface area contributed by atoms with Crippen LogP contribution in [-0.4, -0.2) is 82.4 Å². The predicted octanol–water partition coefficient (Wildman–Crippen LogP) is 4.75. The number of benzene rings is 1. The van der Waals surface area contributed by atoms with Crippen LogP contribution < -0.4 is 25.8 Å². The first-order chi connectivity index (χ1) is 21.4. The van der Waals surface area contributed by atoms with Crippen molar-refractivity contribution in [3.05, 3.63) is 41.8 Å². The highest BCUT2D eigenvalue weighted by atomic mass is 35.5. The fourth-order valence-electron chi connectivity index (χ4n) is 5.12. The van der Waals surface area contributed by atoms with Crippen LogP contribution in [0, 0.1) is 0 Å². The Bertz CT molecular complexity index is 1310. The fraction of sp³-hybridized carbons (Fsp3) is 0.548. The van der Waals surface area contributed by atoms with Gasteiger partial charge in [-0.05, 0) is 51.3 Å². The summed E-state index contributed by atoms with van der Waals surface area (Å²) < 4.78 is 19.0. The van der Waals surface area contributed by atoms with Gasteiger partial charge in [0.1, 0.15) is 24.1 Å². The summed E-state index contributed by atoms with van der Waals surface area (Å²) in [7, 11) is 0. The van der Waals surface area contributed by atoms with Gasteiger partial charge in [0, 0.05) is 31.0 Å². The first kappa shape index (κ1) is 33.4. The molecule has 0 spiro atoms. The molecular weight excluding hydrogens is 584 g/mol. The van der Waals surface area contributed by atoms with Crippen LogP contribution in [0.15, 0.2) is 41.8 Å². The molecule has 1 aliphatic heterocycles. The normalized spacial score (nSPS) is 19.7. The molecule has 2 fully saturated rings. The van der Waals surface area contributed by atoms with Crippen LogP contribution in [0.3, 0.4) is 0 Å². The van der Waals surface area contributed by atoms with E-state index in [2.05, 4.69) is 44.5 Å². The Hall–Kier alpha value is -3.45. The molecule has 0 amide bonds. The number of nitrogens with two attached hydrogens (primary N) is 1. The number of rotatable bonds is 11. The molecular formula is C31H45ClN8O4. The largest absolute Gasteiger partial charge is 0.487 e. The maximum absolute atomic E-state index is 9.19. The highest BCUT2D eigenvalue weighted by molar-refractivity contribution is 6.32. The van der Waals surface area contributed by atoms with Crippen molar-refractivity contribution in [2.24, 2.45) is 10.7 Å².